The molecule has 2 aromatic heterocycles. The van der Waals surface area contributed by atoms with Crippen molar-refractivity contribution >= 4 is 27.5 Å². The van der Waals surface area contributed by atoms with Crippen LogP contribution in [0.4, 0.5) is 0 Å². The number of halogens is 1. The molecule has 25 heavy (non-hydrogen) atoms. The van der Waals surface area contributed by atoms with Gasteiger partial charge in [0.1, 0.15) is 11.6 Å². The molecule has 1 amide bonds. The lowest BCUT2D eigenvalue weighted by Gasteiger charge is -2.16. The first-order valence-corrected chi connectivity index (χ1v) is 8.83. The lowest BCUT2D eigenvalue weighted by Crippen LogP contribution is -2.37. The van der Waals surface area contributed by atoms with Gasteiger partial charge in [-0.3, -0.25) is 9.20 Å². The lowest BCUT2D eigenvalue weighted by atomic mass is 10.2. The van der Waals surface area contributed by atoms with Gasteiger partial charge in [0.05, 0.1) is 4.47 Å². The Morgan fingerprint density at radius 1 is 1.32 bits per heavy atom. The third kappa shape index (κ3) is 4.17. The molecule has 0 fully saturated rings. The minimum atomic E-state index is -0.589. The number of pyridine rings is 1. The lowest BCUT2D eigenvalue weighted by molar-refractivity contribution is -0.127. The summed E-state index contributed by atoms with van der Waals surface area (Å²) in [7, 11) is 0. The molecule has 0 bridgehead atoms. The van der Waals surface area contributed by atoms with Crippen molar-refractivity contribution in [2.75, 3.05) is 6.54 Å². The molecule has 0 spiro atoms. The van der Waals surface area contributed by atoms with Crippen LogP contribution >= 0.6 is 15.9 Å². The highest BCUT2D eigenvalue weighted by atomic mass is 79.9. The number of nitrogens with one attached hydrogen (secondary N) is 1. The highest BCUT2D eigenvalue weighted by Crippen LogP contribution is 2.26. The van der Waals surface area contributed by atoms with E-state index in [1.807, 2.05) is 53.9 Å². The van der Waals surface area contributed by atoms with Crippen LogP contribution < -0.4 is 10.1 Å². The highest BCUT2D eigenvalue weighted by Gasteiger charge is 2.16. The molecule has 0 unspecified atom stereocenters. The SMILES string of the molecule is Cc1ccc(O[C@@H](C)C(=O)NCCc2nnc3ccccn23)c(Br)c1. The third-order valence-electron chi connectivity index (χ3n) is 3.79. The molecule has 0 saturated heterocycles. The predicted octanol–water partition coefficient (Wildman–Crippen LogP) is 2.93. The fraction of sp³-hybridized carbons (Fsp3) is 0.278. The fourth-order valence-corrected chi connectivity index (χ4v) is 3.03. The van der Waals surface area contributed by atoms with Gasteiger partial charge in [0.15, 0.2) is 11.8 Å². The van der Waals surface area contributed by atoms with Crippen molar-refractivity contribution in [3.63, 3.8) is 0 Å². The van der Waals surface area contributed by atoms with E-state index in [1.54, 1.807) is 6.92 Å². The minimum absolute atomic E-state index is 0.165. The Kier molecular flexibility index (Phi) is 5.33. The second-order valence-corrected chi connectivity index (χ2v) is 6.63. The maximum atomic E-state index is 12.2. The molecule has 0 aliphatic carbocycles. The van der Waals surface area contributed by atoms with E-state index in [0.717, 1.165) is 21.5 Å². The van der Waals surface area contributed by atoms with Crippen molar-refractivity contribution in [1.82, 2.24) is 19.9 Å². The molecule has 6 nitrogen and oxygen atoms in total. The maximum Gasteiger partial charge on any atom is 0.260 e. The van der Waals surface area contributed by atoms with E-state index in [0.29, 0.717) is 18.7 Å². The normalized spacial score (nSPS) is 12.1. The monoisotopic (exact) mass is 402 g/mol. The number of hydrogen-bond acceptors (Lipinski definition) is 4. The van der Waals surface area contributed by atoms with Crippen LogP contribution in [0, 0.1) is 6.92 Å². The minimum Gasteiger partial charge on any atom is -0.480 e. The van der Waals surface area contributed by atoms with Gasteiger partial charge < -0.3 is 10.1 Å². The molecule has 0 radical (unpaired) electrons. The molecule has 0 aliphatic rings. The van der Waals surface area contributed by atoms with Crippen LogP contribution in [0.5, 0.6) is 5.75 Å². The molecule has 2 heterocycles. The number of hydrogen-bond donors (Lipinski definition) is 1. The van der Waals surface area contributed by atoms with Gasteiger partial charge >= 0.3 is 0 Å². The van der Waals surface area contributed by atoms with Crippen LogP contribution in [-0.2, 0) is 11.2 Å². The predicted molar refractivity (Wildman–Crippen MR) is 98.7 cm³/mol. The van der Waals surface area contributed by atoms with E-state index < -0.39 is 6.10 Å². The molecular weight excluding hydrogens is 384 g/mol. The summed E-state index contributed by atoms with van der Waals surface area (Å²) in [6.45, 7) is 4.20. The summed E-state index contributed by atoms with van der Waals surface area (Å²) < 4.78 is 8.48. The van der Waals surface area contributed by atoms with E-state index >= 15 is 0 Å². The molecule has 0 aliphatic heterocycles. The molecule has 1 N–H and O–H groups in total. The topological polar surface area (TPSA) is 68.5 Å². The number of amides is 1. The first kappa shape index (κ1) is 17.4. The number of aryl methyl sites for hydroxylation is 1. The van der Waals surface area contributed by atoms with E-state index in [-0.39, 0.29) is 5.91 Å². The second kappa shape index (κ2) is 7.65. The van der Waals surface area contributed by atoms with Crippen molar-refractivity contribution in [3.05, 3.63) is 58.5 Å². The van der Waals surface area contributed by atoms with E-state index in [9.17, 15) is 4.79 Å². The average Bonchev–Trinajstić information content (AvgIpc) is 3.00. The smallest absolute Gasteiger partial charge is 0.260 e. The van der Waals surface area contributed by atoms with Crippen molar-refractivity contribution in [3.8, 4) is 5.75 Å². The number of benzene rings is 1. The van der Waals surface area contributed by atoms with Crippen LogP contribution in [-0.4, -0.2) is 33.2 Å². The number of aromatic nitrogens is 3. The zero-order valence-corrected chi connectivity index (χ0v) is 15.7. The van der Waals surface area contributed by atoms with Gasteiger partial charge in [0.25, 0.3) is 5.91 Å². The van der Waals surface area contributed by atoms with Gasteiger partial charge in [-0.15, -0.1) is 10.2 Å². The summed E-state index contributed by atoms with van der Waals surface area (Å²) in [5.41, 5.74) is 1.92. The Balaban J connectivity index is 1.53. The van der Waals surface area contributed by atoms with Crippen molar-refractivity contribution < 1.29 is 9.53 Å². The Morgan fingerprint density at radius 2 is 2.16 bits per heavy atom. The zero-order chi connectivity index (χ0) is 17.8. The van der Waals surface area contributed by atoms with Gasteiger partial charge in [0.2, 0.25) is 0 Å². The highest BCUT2D eigenvalue weighted by molar-refractivity contribution is 9.10. The standard InChI is InChI=1S/C18H19BrN4O2/c1-12-6-7-15(14(19)11-12)25-13(2)18(24)20-9-8-17-22-21-16-5-3-4-10-23(16)17/h3-7,10-11,13H,8-9H2,1-2H3,(H,20,24)/t13-/m0/s1. The van der Waals surface area contributed by atoms with Crippen LogP contribution in [0.2, 0.25) is 0 Å². The molecular formula is C18H19BrN4O2. The Bertz CT molecular complexity index is 894. The first-order valence-electron chi connectivity index (χ1n) is 8.04. The van der Waals surface area contributed by atoms with Crippen LogP contribution in [0.25, 0.3) is 5.65 Å². The summed E-state index contributed by atoms with van der Waals surface area (Å²) in [5, 5.41) is 11.1. The maximum absolute atomic E-state index is 12.2. The number of ether oxygens (including phenoxy) is 1. The summed E-state index contributed by atoms with van der Waals surface area (Å²) in [5.74, 6) is 1.30. The number of rotatable bonds is 6. The van der Waals surface area contributed by atoms with Gasteiger partial charge in [0, 0.05) is 19.2 Å². The number of carbonyl (C=O) groups is 1. The average molecular weight is 403 g/mol. The van der Waals surface area contributed by atoms with E-state index in [1.165, 1.54) is 0 Å². The van der Waals surface area contributed by atoms with Crippen LogP contribution in [0.3, 0.4) is 0 Å². The number of fused-ring (bicyclic) bond motifs is 1. The van der Waals surface area contributed by atoms with Crippen molar-refractivity contribution in [2.24, 2.45) is 0 Å². The van der Waals surface area contributed by atoms with E-state index in [2.05, 4.69) is 31.4 Å². The number of carbonyl (C=O) groups excluding carboxylic acids is 1. The van der Waals surface area contributed by atoms with Crippen molar-refractivity contribution in [1.29, 1.82) is 0 Å². The first-order chi connectivity index (χ1) is 12.0. The summed E-state index contributed by atoms with van der Waals surface area (Å²) in [6, 6.07) is 11.5. The molecule has 130 valence electrons. The summed E-state index contributed by atoms with van der Waals surface area (Å²) >= 11 is 3.45. The molecule has 1 aromatic carbocycles. The Labute approximate surface area is 154 Å². The Hall–Kier alpha value is -2.41. The second-order valence-electron chi connectivity index (χ2n) is 5.78. The van der Waals surface area contributed by atoms with Crippen LogP contribution in [0.15, 0.2) is 47.1 Å². The van der Waals surface area contributed by atoms with E-state index in [4.69, 9.17) is 4.74 Å². The van der Waals surface area contributed by atoms with Crippen molar-refractivity contribution in [2.45, 2.75) is 26.4 Å². The molecule has 7 heteroatoms. The zero-order valence-electron chi connectivity index (χ0n) is 14.1. The third-order valence-corrected chi connectivity index (χ3v) is 4.41. The fourth-order valence-electron chi connectivity index (χ4n) is 2.45. The molecule has 3 aromatic rings. The van der Waals surface area contributed by atoms with Gasteiger partial charge in [-0.05, 0) is 59.6 Å². The molecule has 1 atom stereocenters. The van der Waals surface area contributed by atoms with Gasteiger partial charge in [-0.2, -0.15) is 0 Å². The molecule has 0 saturated carbocycles. The van der Waals surface area contributed by atoms with Gasteiger partial charge in [-0.25, -0.2) is 0 Å². The largest absolute Gasteiger partial charge is 0.480 e. The Morgan fingerprint density at radius 3 is 2.96 bits per heavy atom. The summed E-state index contributed by atoms with van der Waals surface area (Å²) in [4.78, 5) is 12.2. The quantitative estimate of drug-likeness (QED) is 0.687. The van der Waals surface area contributed by atoms with Gasteiger partial charge in [-0.1, -0.05) is 12.1 Å². The number of nitrogens with zero attached hydrogens (tertiary/aromatic N) is 3. The summed E-state index contributed by atoms with van der Waals surface area (Å²) in [6.07, 6.45) is 1.92. The molecule has 3 rings (SSSR count). The van der Waals surface area contributed by atoms with Crippen LogP contribution in [0.1, 0.15) is 18.3 Å².